The first-order valence-corrected chi connectivity index (χ1v) is 9.36. The lowest BCUT2D eigenvalue weighted by Crippen LogP contribution is -2.25. The van der Waals surface area contributed by atoms with Gasteiger partial charge in [-0.05, 0) is 29.0 Å². The average molecular weight is 394 g/mol. The minimum atomic E-state index is -0.250. The molecule has 0 N–H and O–H groups in total. The number of halogens is 1. The van der Waals surface area contributed by atoms with Crippen molar-refractivity contribution in [2.24, 2.45) is 0 Å². The maximum atomic E-state index is 12.7. The summed E-state index contributed by atoms with van der Waals surface area (Å²) in [6.07, 6.45) is 1.68. The van der Waals surface area contributed by atoms with Crippen molar-refractivity contribution in [3.63, 3.8) is 0 Å². The number of rotatable bonds is 4. The molecule has 6 nitrogen and oxygen atoms in total. The Morgan fingerprint density at radius 1 is 1.14 bits per heavy atom. The van der Waals surface area contributed by atoms with Crippen LogP contribution in [0.4, 0.5) is 5.69 Å². The highest BCUT2D eigenvalue weighted by atomic mass is 35.5. The average Bonchev–Trinajstić information content (AvgIpc) is 3.20. The van der Waals surface area contributed by atoms with Gasteiger partial charge in [-0.1, -0.05) is 55.8 Å². The van der Waals surface area contributed by atoms with E-state index < -0.39 is 0 Å². The van der Waals surface area contributed by atoms with Crippen LogP contribution in [0.15, 0.2) is 60.3 Å². The quantitative estimate of drug-likeness (QED) is 0.629. The molecule has 3 aromatic rings. The summed E-state index contributed by atoms with van der Waals surface area (Å²) in [7, 11) is 1.98. The van der Waals surface area contributed by atoms with Crippen LogP contribution < -0.4 is 4.90 Å². The highest BCUT2D eigenvalue weighted by molar-refractivity contribution is 6.33. The van der Waals surface area contributed by atoms with Gasteiger partial charge in [-0.2, -0.15) is 4.80 Å². The molecule has 1 aromatic heterocycles. The van der Waals surface area contributed by atoms with E-state index in [9.17, 15) is 4.79 Å². The van der Waals surface area contributed by atoms with Crippen LogP contribution in [-0.2, 0) is 16.8 Å². The number of hydrogen-bond donors (Lipinski definition) is 0. The topological polar surface area (TPSA) is 63.9 Å². The third-order valence-electron chi connectivity index (χ3n) is 5.10. The summed E-state index contributed by atoms with van der Waals surface area (Å²) in [5.74, 6) is 0.308. The summed E-state index contributed by atoms with van der Waals surface area (Å²) < 4.78 is 0. The molecule has 0 saturated heterocycles. The molecule has 2 heterocycles. The van der Waals surface area contributed by atoms with Crippen molar-refractivity contribution < 1.29 is 4.79 Å². The molecular formula is C21H20ClN5O. The summed E-state index contributed by atoms with van der Waals surface area (Å²) in [5, 5.41) is 12.9. The number of fused-ring (bicyclic) bond motifs is 1. The van der Waals surface area contributed by atoms with Gasteiger partial charge < -0.3 is 4.90 Å². The Kier molecular flexibility index (Phi) is 4.51. The van der Waals surface area contributed by atoms with Crippen molar-refractivity contribution in [3.8, 4) is 11.4 Å². The molecule has 0 bridgehead atoms. The molecule has 0 radical (unpaired) electrons. The maximum Gasteiger partial charge on any atom is 0.206 e. The van der Waals surface area contributed by atoms with E-state index in [0.29, 0.717) is 16.4 Å². The Bertz CT molecular complexity index is 1090. The number of allylic oxidation sites excluding steroid dienone is 2. The summed E-state index contributed by atoms with van der Waals surface area (Å²) in [4.78, 5) is 16.1. The number of ketones is 1. The number of nitrogens with zero attached hydrogens (tertiary/aromatic N) is 5. The second-order valence-electron chi connectivity index (χ2n) is 7.32. The molecule has 7 heteroatoms. The molecule has 0 fully saturated rings. The number of carbonyl (C=O) groups excluding carboxylic acids is 1. The minimum absolute atomic E-state index is 0.0151. The Hall–Kier alpha value is -2.99. The fraction of sp³-hybridized carbons (Fsp3) is 0.238. The van der Waals surface area contributed by atoms with Gasteiger partial charge in [-0.3, -0.25) is 4.79 Å². The molecule has 2 aromatic carbocycles. The van der Waals surface area contributed by atoms with Gasteiger partial charge in [0.05, 0.1) is 5.02 Å². The number of hydrogen-bond acceptors (Lipinski definition) is 5. The van der Waals surface area contributed by atoms with E-state index in [-0.39, 0.29) is 17.7 Å². The fourth-order valence-electron chi connectivity index (χ4n) is 3.66. The molecule has 28 heavy (non-hydrogen) atoms. The monoisotopic (exact) mass is 393 g/mol. The molecule has 142 valence electrons. The number of carbonyl (C=O) groups is 1. The van der Waals surface area contributed by atoms with E-state index in [1.165, 1.54) is 10.4 Å². The second-order valence-corrected chi connectivity index (χ2v) is 7.73. The van der Waals surface area contributed by atoms with Crippen LogP contribution in [0.1, 0.15) is 19.4 Å². The van der Waals surface area contributed by atoms with Crippen molar-refractivity contribution >= 4 is 23.1 Å². The third-order valence-corrected chi connectivity index (χ3v) is 5.43. The van der Waals surface area contributed by atoms with Crippen LogP contribution in [-0.4, -0.2) is 33.0 Å². The van der Waals surface area contributed by atoms with Gasteiger partial charge in [-0.15, -0.1) is 10.2 Å². The number of benzene rings is 2. The number of anilines is 1. The SMILES string of the molecule is CN1C(=CC(=O)Cn2nnc(-c3ccccc3Cl)n2)C(C)(C)c2ccccc21. The summed E-state index contributed by atoms with van der Waals surface area (Å²) in [6, 6.07) is 15.5. The molecule has 1 aliphatic heterocycles. The van der Waals surface area contributed by atoms with Gasteiger partial charge in [0.2, 0.25) is 5.82 Å². The van der Waals surface area contributed by atoms with E-state index in [1.807, 2.05) is 37.4 Å². The summed E-state index contributed by atoms with van der Waals surface area (Å²) >= 11 is 6.18. The zero-order valence-corrected chi connectivity index (χ0v) is 16.7. The normalized spacial score (nSPS) is 16.4. The highest BCUT2D eigenvalue weighted by Gasteiger charge is 2.38. The van der Waals surface area contributed by atoms with E-state index in [4.69, 9.17) is 11.6 Å². The van der Waals surface area contributed by atoms with Crippen LogP contribution in [0.3, 0.4) is 0 Å². The van der Waals surface area contributed by atoms with Crippen molar-refractivity contribution in [1.29, 1.82) is 0 Å². The van der Waals surface area contributed by atoms with Crippen LogP contribution in [0, 0.1) is 0 Å². The van der Waals surface area contributed by atoms with Crippen LogP contribution in [0.25, 0.3) is 11.4 Å². The molecule has 0 saturated carbocycles. The minimum Gasteiger partial charge on any atom is -0.347 e. The van der Waals surface area contributed by atoms with E-state index >= 15 is 0 Å². The zero-order chi connectivity index (χ0) is 19.9. The van der Waals surface area contributed by atoms with Gasteiger partial charge >= 0.3 is 0 Å². The highest BCUT2D eigenvalue weighted by Crippen LogP contribution is 2.46. The first-order valence-electron chi connectivity index (χ1n) is 8.99. The van der Waals surface area contributed by atoms with Gasteiger partial charge in [-0.25, -0.2) is 0 Å². The lowest BCUT2D eigenvalue weighted by Gasteiger charge is -2.23. The first kappa shape index (κ1) is 18.4. The first-order chi connectivity index (χ1) is 13.4. The van der Waals surface area contributed by atoms with E-state index in [0.717, 1.165) is 11.4 Å². The lowest BCUT2D eigenvalue weighted by atomic mass is 9.83. The number of tetrazole rings is 1. The van der Waals surface area contributed by atoms with Gasteiger partial charge in [0.25, 0.3) is 0 Å². The predicted octanol–water partition coefficient (Wildman–Crippen LogP) is 3.87. The second kappa shape index (κ2) is 6.87. The van der Waals surface area contributed by atoms with Crippen molar-refractivity contribution in [3.05, 3.63) is 70.9 Å². The number of likely N-dealkylation sites (N-methyl/N-ethyl adjacent to an activating group) is 1. The van der Waals surface area contributed by atoms with Gasteiger partial charge in [0.15, 0.2) is 5.78 Å². The van der Waals surface area contributed by atoms with Crippen LogP contribution in [0.5, 0.6) is 0 Å². The fourth-order valence-corrected chi connectivity index (χ4v) is 3.88. The molecule has 0 spiro atoms. The third kappa shape index (κ3) is 3.10. The van der Waals surface area contributed by atoms with Crippen LogP contribution in [0.2, 0.25) is 5.02 Å². The smallest absolute Gasteiger partial charge is 0.206 e. The Morgan fingerprint density at radius 2 is 1.86 bits per heavy atom. The molecule has 1 aliphatic rings. The largest absolute Gasteiger partial charge is 0.347 e. The summed E-state index contributed by atoms with van der Waals surface area (Å²) in [5.41, 5.74) is 3.71. The van der Waals surface area contributed by atoms with Crippen molar-refractivity contribution in [2.45, 2.75) is 25.8 Å². The van der Waals surface area contributed by atoms with Crippen LogP contribution >= 0.6 is 11.6 Å². The number of aromatic nitrogens is 4. The maximum absolute atomic E-state index is 12.7. The molecule has 4 rings (SSSR count). The molecule has 0 unspecified atom stereocenters. The Morgan fingerprint density at radius 3 is 2.61 bits per heavy atom. The summed E-state index contributed by atoms with van der Waals surface area (Å²) in [6.45, 7) is 4.26. The Balaban J connectivity index is 1.57. The zero-order valence-electron chi connectivity index (χ0n) is 15.9. The van der Waals surface area contributed by atoms with E-state index in [1.54, 1.807) is 12.1 Å². The lowest BCUT2D eigenvalue weighted by molar-refractivity contribution is -0.115. The Labute approximate surface area is 168 Å². The molecular weight excluding hydrogens is 374 g/mol. The van der Waals surface area contributed by atoms with Crippen molar-refractivity contribution in [1.82, 2.24) is 20.2 Å². The van der Waals surface area contributed by atoms with Crippen molar-refractivity contribution in [2.75, 3.05) is 11.9 Å². The standard InChI is InChI=1S/C21H20ClN5O/c1-21(2)16-9-5-7-11-18(16)26(3)19(21)12-14(28)13-27-24-20(23-25-27)15-8-4-6-10-17(15)22/h4-12H,13H2,1-3H3. The molecule has 0 atom stereocenters. The van der Waals surface area contributed by atoms with Gasteiger partial charge in [0, 0.05) is 35.5 Å². The number of para-hydroxylation sites is 1. The van der Waals surface area contributed by atoms with E-state index in [2.05, 4.69) is 46.3 Å². The predicted molar refractivity (Wildman–Crippen MR) is 109 cm³/mol. The molecule has 0 aliphatic carbocycles. The van der Waals surface area contributed by atoms with Gasteiger partial charge in [0.1, 0.15) is 6.54 Å². The molecule has 0 amide bonds.